The Morgan fingerprint density at radius 1 is 1.00 bits per heavy atom. The Balaban J connectivity index is 1.33. The molecule has 0 bridgehead atoms. The maximum atomic E-state index is 12.3. The maximum Gasteiger partial charge on any atom is 0.306 e. The van der Waals surface area contributed by atoms with Gasteiger partial charge in [0.1, 0.15) is 0 Å². The standard InChI is InChI=1S/C22H25NO4S/c24-19(20-7-4-14-28-20)8-9-22(26)27-16-21(25)23-12-10-18(11-13-23)15-17-5-2-1-3-6-17/h1-7,14,18H,8-13,15-16H2. The summed E-state index contributed by atoms with van der Waals surface area (Å²) < 4.78 is 5.07. The summed E-state index contributed by atoms with van der Waals surface area (Å²) >= 11 is 1.36. The molecule has 1 aromatic heterocycles. The summed E-state index contributed by atoms with van der Waals surface area (Å²) in [6, 6.07) is 13.9. The molecule has 1 fully saturated rings. The number of ether oxygens (including phenoxy) is 1. The van der Waals surface area contributed by atoms with Crippen molar-refractivity contribution in [3.63, 3.8) is 0 Å². The van der Waals surface area contributed by atoms with Crippen LogP contribution in [0, 0.1) is 5.92 Å². The third kappa shape index (κ3) is 6.02. The van der Waals surface area contributed by atoms with E-state index >= 15 is 0 Å². The van der Waals surface area contributed by atoms with Crippen LogP contribution in [0.4, 0.5) is 0 Å². The van der Waals surface area contributed by atoms with Gasteiger partial charge in [-0.25, -0.2) is 0 Å². The van der Waals surface area contributed by atoms with Crippen molar-refractivity contribution in [2.75, 3.05) is 19.7 Å². The third-order valence-corrected chi connectivity index (χ3v) is 5.95. The number of carbonyl (C=O) groups is 3. The van der Waals surface area contributed by atoms with E-state index in [1.54, 1.807) is 17.0 Å². The fourth-order valence-electron chi connectivity index (χ4n) is 3.42. The van der Waals surface area contributed by atoms with Crippen molar-refractivity contribution in [3.8, 4) is 0 Å². The van der Waals surface area contributed by atoms with Crippen molar-refractivity contribution in [2.45, 2.75) is 32.1 Å². The quantitative estimate of drug-likeness (QED) is 0.501. The average Bonchev–Trinajstić information content (AvgIpc) is 3.26. The number of benzene rings is 1. The first-order valence-electron chi connectivity index (χ1n) is 9.66. The van der Waals surface area contributed by atoms with E-state index in [1.807, 2.05) is 11.4 Å². The van der Waals surface area contributed by atoms with Crippen LogP contribution < -0.4 is 0 Å². The van der Waals surface area contributed by atoms with Crippen LogP contribution in [0.25, 0.3) is 0 Å². The number of carbonyl (C=O) groups excluding carboxylic acids is 3. The summed E-state index contributed by atoms with van der Waals surface area (Å²) in [5.74, 6) is -0.149. The Hall–Kier alpha value is -2.47. The zero-order chi connectivity index (χ0) is 19.8. The molecule has 0 unspecified atom stereocenters. The molecule has 5 nitrogen and oxygen atoms in total. The van der Waals surface area contributed by atoms with Gasteiger partial charge < -0.3 is 9.64 Å². The highest BCUT2D eigenvalue weighted by molar-refractivity contribution is 7.12. The number of thiophene rings is 1. The van der Waals surface area contributed by atoms with E-state index < -0.39 is 5.97 Å². The average molecular weight is 400 g/mol. The van der Waals surface area contributed by atoms with E-state index in [4.69, 9.17) is 4.74 Å². The van der Waals surface area contributed by atoms with Gasteiger partial charge in [-0.15, -0.1) is 11.3 Å². The Labute approximate surface area is 169 Å². The molecule has 3 rings (SSSR count). The molecule has 0 saturated carbocycles. The minimum Gasteiger partial charge on any atom is -0.456 e. The van der Waals surface area contributed by atoms with Crippen molar-refractivity contribution < 1.29 is 19.1 Å². The lowest BCUT2D eigenvalue weighted by Gasteiger charge is -2.32. The zero-order valence-electron chi connectivity index (χ0n) is 15.8. The zero-order valence-corrected chi connectivity index (χ0v) is 16.7. The highest BCUT2D eigenvalue weighted by Crippen LogP contribution is 2.21. The normalized spacial score (nSPS) is 14.6. The number of nitrogens with zero attached hydrogens (tertiary/aromatic N) is 1. The van der Waals surface area contributed by atoms with Gasteiger partial charge in [0, 0.05) is 19.5 Å². The van der Waals surface area contributed by atoms with Gasteiger partial charge in [-0.1, -0.05) is 36.4 Å². The predicted molar refractivity (Wildman–Crippen MR) is 108 cm³/mol. The Kier molecular flexibility index (Phi) is 7.37. The molecule has 0 atom stereocenters. The van der Waals surface area contributed by atoms with Gasteiger partial charge in [0.15, 0.2) is 12.4 Å². The van der Waals surface area contributed by atoms with E-state index in [9.17, 15) is 14.4 Å². The summed E-state index contributed by atoms with van der Waals surface area (Å²) in [6.07, 6.45) is 3.07. The summed E-state index contributed by atoms with van der Waals surface area (Å²) in [6.45, 7) is 1.16. The van der Waals surface area contributed by atoms with Gasteiger partial charge in [0.2, 0.25) is 0 Å². The minimum atomic E-state index is -0.503. The second kappa shape index (κ2) is 10.2. The molecule has 1 aliphatic heterocycles. The molecule has 6 heteroatoms. The molecule has 0 aliphatic carbocycles. The van der Waals surface area contributed by atoms with Gasteiger partial charge in [-0.05, 0) is 42.2 Å². The molecule has 1 amide bonds. The number of Topliss-reactive ketones (excluding diaryl/α,β-unsaturated/α-hetero) is 1. The molecule has 0 spiro atoms. The molecule has 28 heavy (non-hydrogen) atoms. The highest BCUT2D eigenvalue weighted by Gasteiger charge is 2.23. The molecule has 1 aliphatic rings. The molecule has 1 saturated heterocycles. The first-order chi connectivity index (χ1) is 13.6. The number of hydrogen-bond acceptors (Lipinski definition) is 5. The third-order valence-electron chi connectivity index (χ3n) is 5.04. The first-order valence-corrected chi connectivity index (χ1v) is 10.5. The van der Waals surface area contributed by atoms with Crippen molar-refractivity contribution in [2.24, 2.45) is 5.92 Å². The number of amides is 1. The molecular weight excluding hydrogens is 374 g/mol. The number of hydrogen-bond donors (Lipinski definition) is 0. The Morgan fingerprint density at radius 3 is 2.43 bits per heavy atom. The van der Waals surface area contributed by atoms with Crippen molar-refractivity contribution in [3.05, 3.63) is 58.3 Å². The Bertz CT molecular complexity index is 780. The summed E-state index contributed by atoms with van der Waals surface area (Å²) in [5.41, 5.74) is 1.33. The van der Waals surface area contributed by atoms with E-state index in [0.717, 1.165) is 19.3 Å². The lowest BCUT2D eigenvalue weighted by atomic mass is 9.90. The minimum absolute atomic E-state index is 0.00314. The topological polar surface area (TPSA) is 63.7 Å². The van der Waals surface area contributed by atoms with E-state index in [2.05, 4.69) is 24.3 Å². The van der Waals surface area contributed by atoms with Crippen LogP contribution >= 0.6 is 11.3 Å². The van der Waals surface area contributed by atoms with Crippen LogP contribution in [-0.4, -0.2) is 42.3 Å². The van der Waals surface area contributed by atoms with Gasteiger partial charge in [-0.3, -0.25) is 14.4 Å². The first kappa shape index (κ1) is 20.3. The largest absolute Gasteiger partial charge is 0.456 e. The van der Waals surface area contributed by atoms with Crippen LogP contribution in [0.2, 0.25) is 0 Å². The lowest BCUT2D eigenvalue weighted by molar-refractivity contribution is -0.152. The number of esters is 1. The van der Waals surface area contributed by atoms with Gasteiger partial charge in [0.25, 0.3) is 5.91 Å². The molecular formula is C22H25NO4S. The number of likely N-dealkylation sites (tertiary alicyclic amines) is 1. The second-order valence-electron chi connectivity index (χ2n) is 7.08. The van der Waals surface area contributed by atoms with Crippen LogP contribution in [0.15, 0.2) is 47.8 Å². The fraction of sp³-hybridized carbons (Fsp3) is 0.409. The van der Waals surface area contributed by atoms with Crippen molar-refractivity contribution in [1.29, 1.82) is 0 Å². The van der Waals surface area contributed by atoms with Crippen LogP contribution in [0.1, 0.15) is 40.9 Å². The van der Waals surface area contributed by atoms with Crippen molar-refractivity contribution >= 4 is 29.0 Å². The van der Waals surface area contributed by atoms with Gasteiger partial charge in [-0.2, -0.15) is 0 Å². The monoisotopic (exact) mass is 399 g/mol. The molecule has 2 heterocycles. The summed E-state index contributed by atoms with van der Waals surface area (Å²) in [7, 11) is 0. The van der Waals surface area contributed by atoms with Crippen LogP contribution in [-0.2, 0) is 20.7 Å². The van der Waals surface area contributed by atoms with Crippen LogP contribution in [0.3, 0.4) is 0 Å². The number of piperidine rings is 1. The van der Waals surface area contributed by atoms with Gasteiger partial charge >= 0.3 is 5.97 Å². The Morgan fingerprint density at radius 2 is 1.75 bits per heavy atom. The lowest BCUT2D eigenvalue weighted by Crippen LogP contribution is -2.41. The van der Waals surface area contributed by atoms with E-state index in [1.165, 1.54) is 16.9 Å². The smallest absolute Gasteiger partial charge is 0.306 e. The SMILES string of the molecule is O=C(CCC(=O)c1cccs1)OCC(=O)N1CCC(Cc2ccccc2)CC1. The highest BCUT2D eigenvalue weighted by atomic mass is 32.1. The number of ketones is 1. The maximum absolute atomic E-state index is 12.3. The van der Waals surface area contributed by atoms with E-state index in [0.29, 0.717) is 23.9 Å². The predicted octanol–water partition coefficient (Wildman–Crippen LogP) is 3.74. The van der Waals surface area contributed by atoms with Crippen molar-refractivity contribution in [1.82, 2.24) is 4.90 Å². The molecule has 148 valence electrons. The van der Waals surface area contributed by atoms with Crippen LogP contribution in [0.5, 0.6) is 0 Å². The molecule has 0 radical (unpaired) electrons. The second-order valence-corrected chi connectivity index (χ2v) is 8.02. The van der Waals surface area contributed by atoms with Gasteiger partial charge in [0.05, 0.1) is 11.3 Å². The number of rotatable bonds is 8. The molecule has 0 N–H and O–H groups in total. The fourth-order valence-corrected chi connectivity index (χ4v) is 4.11. The summed E-state index contributed by atoms with van der Waals surface area (Å²) in [4.78, 5) is 38.4. The molecule has 1 aromatic carbocycles. The molecule has 2 aromatic rings. The summed E-state index contributed by atoms with van der Waals surface area (Å²) in [5, 5.41) is 1.83. The van der Waals surface area contributed by atoms with E-state index in [-0.39, 0.29) is 31.1 Å².